The van der Waals surface area contributed by atoms with Crippen LogP contribution in [0.15, 0.2) is 24.4 Å². The first-order valence-corrected chi connectivity index (χ1v) is 7.18. The zero-order chi connectivity index (χ0) is 13.9. The van der Waals surface area contributed by atoms with Crippen LogP contribution >= 0.6 is 0 Å². The number of imidazole rings is 1. The van der Waals surface area contributed by atoms with E-state index in [9.17, 15) is 0 Å². The van der Waals surface area contributed by atoms with Gasteiger partial charge in [0.1, 0.15) is 11.6 Å². The van der Waals surface area contributed by atoms with Gasteiger partial charge in [-0.25, -0.2) is 4.98 Å². The van der Waals surface area contributed by atoms with Gasteiger partial charge in [-0.05, 0) is 38.4 Å². The van der Waals surface area contributed by atoms with Gasteiger partial charge >= 0.3 is 0 Å². The third kappa shape index (κ3) is 2.70. The van der Waals surface area contributed by atoms with E-state index in [-0.39, 0.29) is 0 Å². The van der Waals surface area contributed by atoms with Crippen LogP contribution in [0.2, 0.25) is 0 Å². The summed E-state index contributed by atoms with van der Waals surface area (Å²) in [5.41, 5.74) is 3.32. The molecule has 3 rings (SSSR count). The van der Waals surface area contributed by atoms with E-state index in [4.69, 9.17) is 4.74 Å². The van der Waals surface area contributed by atoms with Gasteiger partial charge in [-0.3, -0.25) is 0 Å². The maximum atomic E-state index is 5.44. The SMILES string of the molecule is COc1ccc(C)cc1-c1cnc(CC2CCCN2)[nH]1. The third-order valence-corrected chi connectivity index (χ3v) is 3.88. The monoisotopic (exact) mass is 271 g/mol. The molecule has 4 heteroatoms. The van der Waals surface area contributed by atoms with Crippen LogP contribution in [0.5, 0.6) is 5.75 Å². The summed E-state index contributed by atoms with van der Waals surface area (Å²) in [6, 6.07) is 6.75. The van der Waals surface area contributed by atoms with Crippen molar-refractivity contribution in [3.05, 3.63) is 35.8 Å². The zero-order valence-electron chi connectivity index (χ0n) is 12.1. The van der Waals surface area contributed by atoms with Crippen molar-refractivity contribution in [3.8, 4) is 17.0 Å². The largest absolute Gasteiger partial charge is 0.496 e. The number of aromatic nitrogens is 2. The molecule has 0 amide bonds. The second-order valence-corrected chi connectivity index (χ2v) is 5.44. The summed E-state index contributed by atoms with van der Waals surface area (Å²) >= 11 is 0. The molecule has 0 saturated carbocycles. The minimum atomic E-state index is 0.563. The molecule has 2 heterocycles. The number of nitrogens with one attached hydrogen (secondary N) is 2. The number of hydrogen-bond donors (Lipinski definition) is 2. The van der Waals surface area contributed by atoms with Crippen molar-refractivity contribution < 1.29 is 4.74 Å². The lowest BCUT2D eigenvalue weighted by Gasteiger charge is -2.08. The van der Waals surface area contributed by atoms with Crippen LogP contribution in [-0.4, -0.2) is 29.7 Å². The maximum absolute atomic E-state index is 5.44. The molecule has 0 bridgehead atoms. The molecular formula is C16H21N3O. The first-order chi connectivity index (χ1) is 9.76. The number of hydrogen-bond acceptors (Lipinski definition) is 3. The van der Waals surface area contributed by atoms with Crippen molar-refractivity contribution in [3.63, 3.8) is 0 Å². The molecule has 1 aromatic heterocycles. The number of aryl methyl sites for hydroxylation is 1. The molecule has 2 N–H and O–H groups in total. The Balaban J connectivity index is 1.83. The average Bonchev–Trinajstić information content (AvgIpc) is 3.11. The van der Waals surface area contributed by atoms with Gasteiger partial charge in [-0.1, -0.05) is 11.6 Å². The lowest BCUT2D eigenvalue weighted by Crippen LogP contribution is -2.24. The smallest absolute Gasteiger partial charge is 0.128 e. The summed E-state index contributed by atoms with van der Waals surface area (Å²) in [6.07, 6.45) is 5.38. The zero-order valence-corrected chi connectivity index (χ0v) is 12.1. The molecule has 4 nitrogen and oxygen atoms in total. The van der Waals surface area contributed by atoms with Crippen LogP contribution in [0.1, 0.15) is 24.2 Å². The molecule has 1 unspecified atom stereocenters. The van der Waals surface area contributed by atoms with Gasteiger partial charge in [0.05, 0.1) is 19.0 Å². The van der Waals surface area contributed by atoms with Crippen LogP contribution in [0.4, 0.5) is 0 Å². The topological polar surface area (TPSA) is 49.9 Å². The number of benzene rings is 1. The van der Waals surface area contributed by atoms with E-state index >= 15 is 0 Å². The molecule has 1 atom stereocenters. The van der Waals surface area contributed by atoms with Gasteiger partial charge in [-0.2, -0.15) is 0 Å². The van der Waals surface area contributed by atoms with Crippen LogP contribution in [0.25, 0.3) is 11.3 Å². The van der Waals surface area contributed by atoms with Crippen molar-refractivity contribution in [2.24, 2.45) is 0 Å². The number of ether oxygens (including phenoxy) is 1. The molecule has 106 valence electrons. The number of nitrogens with zero attached hydrogens (tertiary/aromatic N) is 1. The fraction of sp³-hybridized carbons (Fsp3) is 0.438. The van der Waals surface area contributed by atoms with Crippen molar-refractivity contribution in [1.82, 2.24) is 15.3 Å². The predicted molar refractivity (Wildman–Crippen MR) is 80.0 cm³/mol. The summed E-state index contributed by atoms with van der Waals surface area (Å²) in [5.74, 6) is 1.92. The second kappa shape index (κ2) is 5.67. The fourth-order valence-corrected chi connectivity index (χ4v) is 2.80. The Hall–Kier alpha value is -1.81. The molecular weight excluding hydrogens is 250 g/mol. The highest BCUT2D eigenvalue weighted by Crippen LogP contribution is 2.29. The van der Waals surface area contributed by atoms with Crippen LogP contribution in [0, 0.1) is 6.92 Å². The molecule has 1 aliphatic heterocycles. The van der Waals surface area contributed by atoms with Gasteiger partial charge in [0.15, 0.2) is 0 Å². The minimum absolute atomic E-state index is 0.563. The van der Waals surface area contributed by atoms with Crippen LogP contribution < -0.4 is 10.1 Å². The van der Waals surface area contributed by atoms with Crippen LogP contribution in [0.3, 0.4) is 0 Å². The average molecular weight is 271 g/mol. The summed E-state index contributed by atoms with van der Waals surface area (Å²) in [5, 5.41) is 3.50. The predicted octanol–water partition coefficient (Wildman–Crippen LogP) is 2.69. The highest BCUT2D eigenvalue weighted by Gasteiger charge is 2.16. The minimum Gasteiger partial charge on any atom is -0.496 e. The van der Waals surface area contributed by atoms with E-state index in [1.54, 1.807) is 7.11 Å². The van der Waals surface area contributed by atoms with Gasteiger partial charge in [0.25, 0.3) is 0 Å². The molecule has 0 aliphatic carbocycles. The first kappa shape index (κ1) is 13.2. The van der Waals surface area contributed by atoms with Gasteiger partial charge in [0, 0.05) is 18.0 Å². The summed E-state index contributed by atoms with van der Waals surface area (Å²) in [7, 11) is 1.70. The summed E-state index contributed by atoms with van der Waals surface area (Å²) < 4.78 is 5.44. The van der Waals surface area contributed by atoms with E-state index in [0.29, 0.717) is 6.04 Å². The lowest BCUT2D eigenvalue weighted by atomic mass is 10.1. The standard InChI is InChI=1S/C16H21N3O/c1-11-5-6-15(20-2)13(8-11)14-10-18-16(19-14)9-12-4-3-7-17-12/h5-6,8,10,12,17H,3-4,7,9H2,1-2H3,(H,18,19). The lowest BCUT2D eigenvalue weighted by molar-refractivity contribution is 0.416. The first-order valence-electron chi connectivity index (χ1n) is 7.18. The molecule has 20 heavy (non-hydrogen) atoms. The van der Waals surface area contributed by atoms with Crippen molar-refractivity contribution in [1.29, 1.82) is 0 Å². The Morgan fingerprint density at radius 2 is 2.30 bits per heavy atom. The molecule has 1 aliphatic rings. The number of aromatic amines is 1. The van der Waals surface area contributed by atoms with E-state index < -0.39 is 0 Å². The molecule has 0 radical (unpaired) electrons. The maximum Gasteiger partial charge on any atom is 0.128 e. The number of rotatable bonds is 4. The Morgan fingerprint density at radius 1 is 1.40 bits per heavy atom. The fourth-order valence-electron chi connectivity index (χ4n) is 2.80. The Morgan fingerprint density at radius 3 is 3.05 bits per heavy atom. The Bertz CT molecular complexity index is 585. The van der Waals surface area contributed by atoms with Crippen LogP contribution in [-0.2, 0) is 6.42 Å². The van der Waals surface area contributed by atoms with E-state index in [2.05, 4.69) is 34.3 Å². The Labute approximate surface area is 119 Å². The molecule has 2 aromatic rings. The molecule has 0 spiro atoms. The molecule has 1 saturated heterocycles. The second-order valence-electron chi connectivity index (χ2n) is 5.44. The summed E-state index contributed by atoms with van der Waals surface area (Å²) in [6.45, 7) is 3.21. The van der Waals surface area contributed by atoms with Crippen molar-refractivity contribution in [2.75, 3.05) is 13.7 Å². The van der Waals surface area contributed by atoms with Crippen molar-refractivity contribution >= 4 is 0 Å². The van der Waals surface area contributed by atoms with E-state index in [0.717, 1.165) is 35.8 Å². The highest BCUT2D eigenvalue weighted by molar-refractivity contribution is 5.67. The third-order valence-electron chi connectivity index (χ3n) is 3.88. The van der Waals surface area contributed by atoms with Gasteiger partial charge in [0.2, 0.25) is 0 Å². The van der Waals surface area contributed by atoms with Gasteiger partial charge in [-0.15, -0.1) is 0 Å². The normalized spacial score (nSPS) is 18.4. The van der Waals surface area contributed by atoms with E-state index in [1.165, 1.54) is 18.4 Å². The highest BCUT2D eigenvalue weighted by atomic mass is 16.5. The Kier molecular flexibility index (Phi) is 3.74. The molecule has 1 fully saturated rings. The molecule has 1 aromatic carbocycles. The number of methoxy groups -OCH3 is 1. The van der Waals surface area contributed by atoms with Gasteiger partial charge < -0.3 is 15.0 Å². The summed E-state index contributed by atoms with van der Waals surface area (Å²) in [4.78, 5) is 7.94. The number of H-pyrrole nitrogens is 1. The van der Waals surface area contributed by atoms with E-state index in [1.807, 2.05) is 12.3 Å². The van der Waals surface area contributed by atoms with Crippen molar-refractivity contribution in [2.45, 2.75) is 32.2 Å². The quantitative estimate of drug-likeness (QED) is 0.899.